The molecule has 1 aliphatic heterocycles. The first-order valence-electron chi connectivity index (χ1n) is 7.39. The average molecular weight is 279 g/mol. The molecular weight excluding hydrogens is 254 g/mol. The highest BCUT2D eigenvalue weighted by Crippen LogP contribution is 2.22. The standard InChI is InChI=1S/C15H25N3O2/c1-12(2)11-20-15-13(16)5-6-14(17-15)19-10-9-18-7-3-4-8-18/h5-6,12H,3-4,7-11,16H2,1-2H3. The van der Waals surface area contributed by atoms with E-state index < -0.39 is 0 Å². The van der Waals surface area contributed by atoms with Crippen LogP contribution in [0.3, 0.4) is 0 Å². The summed E-state index contributed by atoms with van der Waals surface area (Å²) in [5.74, 6) is 1.49. The van der Waals surface area contributed by atoms with Crippen LogP contribution in [0.2, 0.25) is 0 Å². The van der Waals surface area contributed by atoms with Crippen molar-refractivity contribution in [3.05, 3.63) is 12.1 Å². The highest BCUT2D eigenvalue weighted by Gasteiger charge is 2.11. The topological polar surface area (TPSA) is 60.6 Å². The van der Waals surface area contributed by atoms with Crippen LogP contribution in [-0.2, 0) is 0 Å². The Bertz CT molecular complexity index is 418. The smallest absolute Gasteiger partial charge is 0.240 e. The zero-order valence-corrected chi connectivity index (χ0v) is 12.5. The van der Waals surface area contributed by atoms with Gasteiger partial charge in [0.25, 0.3) is 0 Å². The molecule has 1 aromatic rings. The molecule has 1 aliphatic rings. The highest BCUT2D eigenvalue weighted by molar-refractivity contribution is 5.49. The fourth-order valence-electron chi connectivity index (χ4n) is 2.16. The number of rotatable bonds is 7. The molecule has 0 bridgehead atoms. The van der Waals surface area contributed by atoms with Crippen LogP contribution in [0.4, 0.5) is 5.69 Å². The summed E-state index contributed by atoms with van der Waals surface area (Å²) < 4.78 is 11.3. The van der Waals surface area contributed by atoms with Gasteiger partial charge in [0, 0.05) is 12.6 Å². The monoisotopic (exact) mass is 279 g/mol. The second-order valence-corrected chi connectivity index (χ2v) is 5.65. The van der Waals surface area contributed by atoms with Gasteiger partial charge in [-0.15, -0.1) is 0 Å². The van der Waals surface area contributed by atoms with Gasteiger partial charge in [0.2, 0.25) is 11.8 Å². The van der Waals surface area contributed by atoms with Crippen molar-refractivity contribution in [3.8, 4) is 11.8 Å². The Balaban J connectivity index is 1.82. The van der Waals surface area contributed by atoms with Crippen LogP contribution in [0.25, 0.3) is 0 Å². The number of aromatic nitrogens is 1. The predicted molar refractivity (Wildman–Crippen MR) is 80.2 cm³/mol. The van der Waals surface area contributed by atoms with E-state index >= 15 is 0 Å². The molecule has 0 amide bonds. The van der Waals surface area contributed by atoms with Gasteiger partial charge in [0.15, 0.2) is 0 Å². The van der Waals surface area contributed by atoms with E-state index in [-0.39, 0.29) is 0 Å². The summed E-state index contributed by atoms with van der Waals surface area (Å²) in [6.07, 6.45) is 2.60. The van der Waals surface area contributed by atoms with Gasteiger partial charge in [-0.3, -0.25) is 4.90 Å². The molecule has 0 atom stereocenters. The molecule has 0 aromatic carbocycles. The molecule has 112 valence electrons. The second kappa shape index (κ2) is 7.33. The molecule has 5 nitrogen and oxygen atoms in total. The van der Waals surface area contributed by atoms with Gasteiger partial charge < -0.3 is 15.2 Å². The van der Waals surface area contributed by atoms with Crippen molar-refractivity contribution < 1.29 is 9.47 Å². The summed E-state index contributed by atoms with van der Waals surface area (Å²) in [5, 5.41) is 0. The van der Waals surface area contributed by atoms with E-state index in [2.05, 4.69) is 23.7 Å². The highest BCUT2D eigenvalue weighted by atomic mass is 16.5. The quantitative estimate of drug-likeness (QED) is 0.829. The maximum absolute atomic E-state index is 5.85. The molecule has 0 spiro atoms. The maximum atomic E-state index is 5.85. The van der Waals surface area contributed by atoms with Gasteiger partial charge in [-0.2, -0.15) is 4.98 Å². The number of ether oxygens (including phenoxy) is 2. The number of pyridine rings is 1. The van der Waals surface area contributed by atoms with Crippen LogP contribution in [0.5, 0.6) is 11.8 Å². The number of nitrogen functional groups attached to an aromatic ring is 1. The van der Waals surface area contributed by atoms with Gasteiger partial charge in [-0.05, 0) is 37.9 Å². The van der Waals surface area contributed by atoms with E-state index in [1.807, 2.05) is 0 Å². The molecule has 5 heteroatoms. The third kappa shape index (κ3) is 4.56. The molecule has 0 saturated carbocycles. The Morgan fingerprint density at radius 3 is 2.70 bits per heavy atom. The third-order valence-electron chi connectivity index (χ3n) is 3.27. The molecule has 1 aromatic heterocycles. The minimum Gasteiger partial charge on any atom is -0.476 e. The van der Waals surface area contributed by atoms with Crippen molar-refractivity contribution in [2.24, 2.45) is 5.92 Å². The largest absolute Gasteiger partial charge is 0.476 e. The van der Waals surface area contributed by atoms with Crippen LogP contribution >= 0.6 is 0 Å². The lowest BCUT2D eigenvalue weighted by Crippen LogP contribution is -2.25. The van der Waals surface area contributed by atoms with Gasteiger partial charge >= 0.3 is 0 Å². The van der Waals surface area contributed by atoms with Gasteiger partial charge in [-0.25, -0.2) is 0 Å². The summed E-state index contributed by atoms with van der Waals surface area (Å²) in [4.78, 5) is 6.73. The molecule has 2 heterocycles. The molecule has 0 radical (unpaired) electrons. The van der Waals surface area contributed by atoms with E-state index in [0.717, 1.165) is 6.54 Å². The summed E-state index contributed by atoms with van der Waals surface area (Å²) in [5.41, 5.74) is 6.41. The summed E-state index contributed by atoms with van der Waals surface area (Å²) >= 11 is 0. The SMILES string of the molecule is CC(C)COc1nc(OCCN2CCCC2)ccc1N. The van der Waals surface area contributed by atoms with Crippen molar-refractivity contribution in [3.63, 3.8) is 0 Å². The first kappa shape index (κ1) is 14.9. The number of likely N-dealkylation sites (tertiary alicyclic amines) is 1. The number of hydrogen-bond donors (Lipinski definition) is 1. The molecule has 20 heavy (non-hydrogen) atoms. The van der Waals surface area contributed by atoms with Crippen molar-refractivity contribution in [2.45, 2.75) is 26.7 Å². The van der Waals surface area contributed by atoms with Crippen molar-refractivity contribution >= 4 is 5.69 Å². The minimum absolute atomic E-state index is 0.441. The van der Waals surface area contributed by atoms with Gasteiger partial charge in [0.05, 0.1) is 12.3 Å². The number of nitrogens with two attached hydrogens (primary N) is 1. The molecule has 1 saturated heterocycles. The van der Waals surface area contributed by atoms with Crippen LogP contribution in [0.15, 0.2) is 12.1 Å². The van der Waals surface area contributed by atoms with Crippen molar-refractivity contribution in [2.75, 3.05) is 38.6 Å². The van der Waals surface area contributed by atoms with Crippen LogP contribution in [0, 0.1) is 5.92 Å². The fraction of sp³-hybridized carbons (Fsp3) is 0.667. The van der Waals surface area contributed by atoms with Crippen molar-refractivity contribution in [1.29, 1.82) is 0 Å². The molecule has 0 unspecified atom stereocenters. The van der Waals surface area contributed by atoms with E-state index in [4.69, 9.17) is 15.2 Å². The Morgan fingerprint density at radius 2 is 2.00 bits per heavy atom. The zero-order valence-electron chi connectivity index (χ0n) is 12.5. The first-order valence-corrected chi connectivity index (χ1v) is 7.39. The summed E-state index contributed by atoms with van der Waals surface area (Å²) in [6, 6.07) is 3.58. The number of anilines is 1. The first-order chi connectivity index (χ1) is 9.65. The van der Waals surface area contributed by atoms with Crippen LogP contribution in [-0.4, -0.2) is 42.7 Å². The van der Waals surface area contributed by atoms with E-state index in [1.54, 1.807) is 12.1 Å². The Labute approximate surface area is 121 Å². The second-order valence-electron chi connectivity index (χ2n) is 5.65. The van der Waals surface area contributed by atoms with E-state index in [9.17, 15) is 0 Å². The molecule has 0 aliphatic carbocycles. The summed E-state index contributed by atoms with van der Waals surface area (Å²) in [6.45, 7) is 8.75. The Kier molecular flexibility index (Phi) is 5.47. The average Bonchev–Trinajstić information content (AvgIpc) is 2.92. The maximum Gasteiger partial charge on any atom is 0.240 e. The van der Waals surface area contributed by atoms with Gasteiger partial charge in [0.1, 0.15) is 6.61 Å². The third-order valence-corrected chi connectivity index (χ3v) is 3.27. The lowest BCUT2D eigenvalue weighted by molar-refractivity contribution is 0.224. The lowest BCUT2D eigenvalue weighted by atomic mass is 10.2. The van der Waals surface area contributed by atoms with Crippen LogP contribution in [0.1, 0.15) is 26.7 Å². The Morgan fingerprint density at radius 1 is 1.25 bits per heavy atom. The predicted octanol–water partition coefficient (Wildman–Crippen LogP) is 2.17. The number of hydrogen-bond acceptors (Lipinski definition) is 5. The number of nitrogens with zero attached hydrogens (tertiary/aromatic N) is 2. The normalized spacial score (nSPS) is 15.8. The van der Waals surface area contributed by atoms with E-state index in [1.165, 1.54) is 25.9 Å². The van der Waals surface area contributed by atoms with Gasteiger partial charge in [-0.1, -0.05) is 13.8 Å². The van der Waals surface area contributed by atoms with Crippen LogP contribution < -0.4 is 15.2 Å². The molecular formula is C15H25N3O2. The molecule has 1 fully saturated rings. The lowest BCUT2D eigenvalue weighted by Gasteiger charge is -2.15. The molecule has 2 rings (SSSR count). The van der Waals surface area contributed by atoms with Crippen molar-refractivity contribution in [1.82, 2.24) is 9.88 Å². The minimum atomic E-state index is 0.441. The zero-order chi connectivity index (χ0) is 14.4. The van der Waals surface area contributed by atoms with E-state index in [0.29, 0.717) is 36.6 Å². The molecule has 2 N–H and O–H groups in total. The summed E-state index contributed by atoms with van der Waals surface area (Å²) in [7, 11) is 0. The fourth-order valence-corrected chi connectivity index (χ4v) is 2.16. The Hall–Kier alpha value is -1.49.